The topological polar surface area (TPSA) is 73.9 Å². The fourth-order valence-electron chi connectivity index (χ4n) is 4.32. The molecule has 7 nitrogen and oxygen atoms in total. The summed E-state index contributed by atoms with van der Waals surface area (Å²) >= 11 is 12.4. The predicted octanol–water partition coefficient (Wildman–Crippen LogP) is 3.91. The van der Waals surface area contributed by atoms with Gasteiger partial charge in [-0.2, -0.15) is 0 Å². The molecule has 0 aromatic heterocycles. The molecule has 1 unspecified atom stereocenters. The second-order valence-electron chi connectivity index (χ2n) is 8.16. The van der Waals surface area contributed by atoms with E-state index in [4.69, 9.17) is 27.9 Å². The largest absolute Gasteiger partial charge is 0.466 e. The summed E-state index contributed by atoms with van der Waals surface area (Å²) in [6, 6.07) is 12.0. The zero-order chi connectivity index (χ0) is 23.5. The van der Waals surface area contributed by atoms with Crippen molar-refractivity contribution in [2.24, 2.45) is 0 Å². The van der Waals surface area contributed by atoms with Gasteiger partial charge in [-0.05, 0) is 42.3 Å². The average molecular weight is 489 g/mol. The molecule has 174 valence electrons. The van der Waals surface area contributed by atoms with E-state index >= 15 is 0 Å². The van der Waals surface area contributed by atoms with Crippen molar-refractivity contribution in [3.63, 3.8) is 0 Å². The van der Waals surface area contributed by atoms with Gasteiger partial charge >= 0.3 is 12.0 Å². The molecule has 2 aliphatic heterocycles. The Labute approximate surface area is 203 Å². The number of methoxy groups -OCH3 is 1. The molecule has 0 spiro atoms. The SMILES string of the molecule is COC(=O)C1=C(CN2CCN(c3cc(Cl)ccc3C)CC2)NC(=O)NC1c1cccc(Cl)c1. The zero-order valence-electron chi connectivity index (χ0n) is 18.5. The standard InChI is InChI=1S/C24H26Cl2N4O3/c1-15-6-7-18(26)13-20(15)30-10-8-29(9-11-30)14-19-21(23(31)33-2)22(28-24(32)27-19)16-4-3-5-17(25)12-16/h3-7,12-13,22H,8-11,14H2,1-2H3,(H2,27,28,32). The van der Waals surface area contributed by atoms with Crippen molar-refractivity contribution in [2.75, 3.05) is 44.7 Å². The van der Waals surface area contributed by atoms with Crippen LogP contribution in [0, 0.1) is 6.92 Å². The monoisotopic (exact) mass is 488 g/mol. The van der Waals surface area contributed by atoms with Gasteiger partial charge in [0.25, 0.3) is 0 Å². The van der Waals surface area contributed by atoms with Crippen LogP contribution in [0.25, 0.3) is 0 Å². The number of anilines is 1. The van der Waals surface area contributed by atoms with Gasteiger partial charge < -0.3 is 20.3 Å². The van der Waals surface area contributed by atoms with Crippen LogP contribution in [0.1, 0.15) is 17.2 Å². The molecule has 2 amide bonds. The van der Waals surface area contributed by atoms with Gasteiger partial charge in [0, 0.05) is 54.2 Å². The van der Waals surface area contributed by atoms with Crippen molar-refractivity contribution in [3.05, 3.63) is 74.9 Å². The van der Waals surface area contributed by atoms with E-state index in [9.17, 15) is 9.59 Å². The first kappa shape index (κ1) is 23.4. The molecule has 0 bridgehead atoms. The molecular weight excluding hydrogens is 463 g/mol. The number of urea groups is 1. The van der Waals surface area contributed by atoms with Gasteiger partial charge in [-0.1, -0.05) is 41.4 Å². The van der Waals surface area contributed by atoms with Crippen molar-refractivity contribution < 1.29 is 14.3 Å². The van der Waals surface area contributed by atoms with E-state index in [0.29, 0.717) is 22.8 Å². The number of amides is 2. The second-order valence-corrected chi connectivity index (χ2v) is 9.04. The maximum atomic E-state index is 12.8. The van der Waals surface area contributed by atoms with E-state index in [2.05, 4.69) is 27.4 Å². The number of aryl methyl sites for hydroxylation is 1. The minimum atomic E-state index is -0.643. The lowest BCUT2D eigenvalue weighted by Gasteiger charge is -2.38. The third-order valence-corrected chi connectivity index (χ3v) is 6.48. The summed E-state index contributed by atoms with van der Waals surface area (Å²) in [4.78, 5) is 29.7. The number of carbonyl (C=O) groups is 2. The molecule has 2 N–H and O–H groups in total. The van der Waals surface area contributed by atoms with E-state index in [0.717, 1.165) is 42.5 Å². The summed E-state index contributed by atoms with van der Waals surface area (Å²) in [6.07, 6.45) is 0. The Kier molecular flexibility index (Phi) is 7.12. The van der Waals surface area contributed by atoms with Crippen LogP contribution < -0.4 is 15.5 Å². The number of hydrogen-bond donors (Lipinski definition) is 2. The number of esters is 1. The van der Waals surface area contributed by atoms with Crippen molar-refractivity contribution in [2.45, 2.75) is 13.0 Å². The Hall–Kier alpha value is -2.74. The van der Waals surface area contributed by atoms with Crippen molar-refractivity contribution in [1.29, 1.82) is 0 Å². The summed E-state index contributed by atoms with van der Waals surface area (Å²) in [5, 5.41) is 6.90. The number of halogens is 2. The van der Waals surface area contributed by atoms with E-state index in [1.54, 1.807) is 18.2 Å². The van der Waals surface area contributed by atoms with E-state index < -0.39 is 12.0 Å². The molecule has 2 aliphatic rings. The lowest BCUT2D eigenvalue weighted by atomic mass is 9.95. The Morgan fingerprint density at radius 3 is 2.52 bits per heavy atom. The maximum absolute atomic E-state index is 12.8. The number of hydrogen-bond acceptors (Lipinski definition) is 5. The van der Waals surface area contributed by atoms with Crippen LogP contribution >= 0.6 is 23.2 Å². The molecule has 33 heavy (non-hydrogen) atoms. The Morgan fingerprint density at radius 2 is 1.82 bits per heavy atom. The minimum absolute atomic E-state index is 0.365. The Bertz CT molecular complexity index is 1100. The molecule has 0 radical (unpaired) electrons. The van der Waals surface area contributed by atoms with Crippen molar-refractivity contribution in [1.82, 2.24) is 15.5 Å². The van der Waals surface area contributed by atoms with E-state index in [-0.39, 0.29) is 6.03 Å². The highest BCUT2D eigenvalue weighted by Gasteiger charge is 2.34. The van der Waals surface area contributed by atoms with Gasteiger partial charge in [0.1, 0.15) is 0 Å². The zero-order valence-corrected chi connectivity index (χ0v) is 20.0. The quantitative estimate of drug-likeness (QED) is 0.624. The lowest BCUT2D eigenvalue weighted by Crippen LogP contribution is -2.51. The van der Waals surface area contributed by atoms with Gasteiger partial charge in [-0.3, -0.25) is 4.90 Å². The molecule has 9 heteroatoms. The smallest absolute Gasteiger partial charge is 0.338 e. The summed E-state index contributed by atoms with van der Waals surface area (Å²) in [5.41, 5.74) is 3.96. The lowest BCUT2D eigenvalue weighted by molar-refractivity contribution is -0.136. The third kappa shape index (κ3) is 5.27. The molecule has 1 fully saturated rings. The van der Waals surface area contributed by atoms with Crippen LogP contribution in [0.15, 0.2) is 53.7 Å². The molecule has 1 atom stereocenters. The number of ether oxygens (including phenoxy) is 1. The molecule has 2 aromatic rings. The first-order valence-corrected chi connectivity index (χ1v) is 11.5. The number of benzene rings is 2. The fourth-order valence-corrected chi connectivity index (χ4v) is 4.69. The summed E-state index contributed by atoms with van der Waals surface area (Å²) in [7, 11) is 1.34. The van der Waals surface area contributed by atoms with Crippen LogP contribution in [-0.2, 0) is 9.53 Å². The van der Waals surface area contributed by atoms with E-state index in [1.165, 1.54) is 12.7 Å². The highest BCUT2D eigenvalue weighted by Crippen LogP contribution is 2.30. The van der Waals surface area contributed by atoms with Crippen molar-refractivity contribution in [3.8, 4) is 0 Å². The predicted molar refractivity (Wildman–Crippen MR) is 130 cm³/mol. The Balaban J connectivity index is 1.55. The molecule has 2 heterocycles. The second kappa shape index (κ2) is 10.0. The number of rotatable bonds is 5. The highest BCUT2D eigenvalue weighted by molar-refractivity contribution is 6.31. The number of piperazine rings is 1. The molecule has 2 aromatic carbocycles. The minimum Gasteiger partial charge on any atom is -0.466 e. The fraction of sp³-hybridized carbons (Fsp3) is 0.333. The van der Waals surface area contributed by atoms with Gasteiger partial charge in [-0.15, -0.1) is 0 Å². The van der Waals surface area contributed by atoms with Gasteiger partial charge in [0.05, 0.1) is 18.7 Å². The Morgan fingerprint density at radius 1 is 1.09 bits per heavy atom. The van der Waals surface area contributed by atoms with Crippen LogP contribution in [0.4, 0.5) is 10.5 Å². The summed E-state index contributed by atoms with van der Waals surface area (Å²) in [6.45, 7) is 5.67. The normalized spacial score (nSPS) is 19.2. The molecule has 4 rings (SSSR count). The van der Waals surface area contributed by atoms with E-state index in [1.807, 2.05) is 24.3 Å². The number of carbonyl (C=O) groups excluding carboxylic acids is 2. The van der Waals surface area contributed by atoms with Crippen LogP contribution in [0.5, 0.6) is 0 Å². The maximum Gasteiger partial charge on any atom is 0.338 e. The first-order chi connectivity index (χ1) is 15.9. The number of nitrogens with one attached hydrogen (secondary N) is 2. The molecule has 0 aliphatic carbocycles. The first-order valence-electron chi connectivity index (χ1n) is 10.7. The summed E-state index contributed by atoms with van der Waals surface area (Å²) < 4.78 is 5.07. The third-order valence-electron chi connectivity index (χ3n) is 6.01. The van der Waals surface area contributed by atoms with Crippen molar-refractivity contribution >= 4 is 40.9 Å². The van der Waals surface area contributed by atoms with Crippen LogP contribution in [0.2, 0.25) is 10.0 Å². The average Bonchev–Trinajstić information content (AvgIpc) is 2.80. The molecule has 1 saturated heterocycles. The molecule has 0 saturated carbocycles. The van der Waals surface area contributed by atoms with Gasteiger partial charge in [0.2, 0.25) is 0 Å². The molecular formula is C24H26Cl2N4O3. The van der Waals surface area contributed by atoms with Gasteiger partial charge in [-0.25, -0.2) is 9.59 Å². The van der Waals surface area contributed by atoms with Crippen LogP contribution in [-0.4, -0.2) is 56.7 Å². The number of nitrogens with zero attached hydrogens (tertiary/aromatic N) is 2. The van der Waals surface area contributed by atoms with Crippen LogP contribution in [0.3, 0.4) is 0 Å². The van der Waals surface area contributed by atoms with Gasteiger partial charge in [0.15, 0.2) is 0 Å². The highest BCUT2D eigenvalue weighted by atomic mass is 35.5. The summed E-state index contributed by atoms with van der Waals surface area (Å²) in [5.74, 6) is -0.490.